The van der Waals surface area contributed by atoms with Gasteiger partial charge in [-0.05, 0) is 92.1 Å². The molecule has 0 radical (unpaired) electrons. The number of pyridine rings is 1. The van der Waals surface area contributed by atoms with Crippen LogP contribution in [0.2, 0.25) is 0 Å². The van der Waals surface area contributed by atoms with Crippen molar-refractivity contribution >= 4 is 11.7 Å². The molecular formula is C28H33N3O3. The van der Waals surface area contributed by atoms with Crippen LogP contribution in [0.1, 0.15) is 55.2 Å². The maximum atomic E-state index is 11.8. The van der Waals surface area contributed by atoms with Gasteiger partial charge >= 0.3 is 6.03 Å². The van der Waals surface area contributed by atoms with Crippen LogP contribution in [0, 0.1) is 0 Å². The fourth-order valence-corrected chi connectivity index (χ4v) is 4.72. The van der Waals surface area contributed by atoms with E-state index in [-0.39, 0.29) is 12.0 Å². The highest BCUT2D eigenvalue weighted by atomic mass is 16.5. The molecule has 1 saturated carbocycles. The van der Waals surface area contributed by atoms with Crippen LogP contribution >= 0.6 is 0 Å². The van der Waals surface area contributed by atoms with Crippen molar-refractivity contribution in [3.05, 3.63) is 83.7 Å². The molecule has 34 heavy (non-hydrogen) atoms. The van der Waals surface area contributed by atoms with Crippen LogP contribution in [0.15, 0.2) is 67.0 Å². The van der Waals surface area contributed by atoms with Gasteiger partial charge in [0.1, 0.15) is 0 Å². The number of carbonyl (C=O) groups excluding carboxylic acids is 1. The van der Waals surface area contributed by atoms with Crippen molar-refractivity contribution in [1.82, 2.24) is 4.98 Å². The summed E-state index contributed by atoms with van der Waals surface area (Å²) in [6, 6.07) is 18.0. The molecule has 1 fully saturated rings. The first kappa shape index (κ1) is 23.6. The second-order valence-electron chi connectivity index (χ2n) is 8.72. The van der Waals surface area contributed by atoms with E-state index >= 15 is 0 Å². The standard InChI is InChI=1S/C28H33N3O3/c1-3-31(28(29)32)23-11-8-21(9-12-23)25(18-20-14-16-30-17-15-20)22-10-13-26(33-2)27(19-22)34-24-6-4-5-7-24/h8-17,19,24-25H,3-7,18H2,1-2H3,(H2,29,32)/t25-/m1/s1. The SMILES string of the molecule is CCN(C(N)=O)c1ccc([C@@H](Cc2ccncc2)c2ccc(OC)c(OC3CCCC3)c2)cc1. The van der Waals surface area contributed by atoms with Crippen molar-refractivity contribution in [1.29, 1.82) is 0 Å². The lowest BCUT2D eigenvalue weighted by Crippen LogP contribution is -2.35. The maximum Gasteiger partial charge on any atom is 0.319 e. The number of primary amides is 1. The predicted molar refractivity (Wildman–Crippen MR) is 135 cm³/mol. The summed E-state index contributed by atoms with van der Waals surface area (Å²) in [6.07, 6.45) is 9.30. The van der Waals surface area contributed by atoms with Crippen molar-refractivity contribution in [2.45, 2.75) is 51.0 Å². The average Bonchev–Trinajstić information content (AvgIpc) is 3.37. The molecule has 1 heterocycles. The number of nitrogens with two attached hydrogens (primary N) is 1. The second kappa shape index (κ2) is 11.1. The molecule has 2 amide bonds. The third kappa shape index (κ3) is 5.50. The van der Waals surface area contributed by atoms with Crippen LogP contribution in [0.3, 0.4) is 0 Å². The van der Waals surface area contributed by atoms with Crippen molar-refractivity contribution in [2.75, 3.05) is 18.6 Å². The molecule has 0 aliphatic heterocycles. The normalized spacial score (nSPS) is 14.5. The van der Waals surface area contributed by atoms with E-state index in [1.807, 2.05) is 49.6 Å². The molecular weight excluding hydrogens is 426 g/mol. The van der Waals surface area contributed by atoms with Gasteiger partial charge in [-0.15, -0.1) is 0 Å². The summed E-state index contributed by atoms with van der Waals surface area (Å²) in [5.74, 6) is 1.65. The molecule has 3 aromatic rings. The molecule has 0 saturated heterocycles. The summed E-state index contributed by atoms with van der Waals surface area (Å²) in [4.78, 5) is 17.5. The average molecular weight is 460 g/mol. The van der Waals surface area contributed by atoms with Crippen LogP contribution in [-0.2, 0) is 6.42 Å². The van der Waals surface area contributed by atoms with Crippen LogP contribution in [-0.4, -0.2) is 30.8 Å². The number of rotatable bonds is 9. The van der Waals surface area contributed by atoms with Gasteiger partial charge < -0.3 is 15.2 Å². The molecule has 4 rings (SSSR count). The number of anilines is 1. The number of nitrogens with zero attached hydrogens (tertiary/aromatic N) is 2. The number of ether oxygens (including phenoxy) is 2. The van der Waals surface area contributed by atoms with E-state index in [9.17, 15) is 4.79 Å². The van der Waals surface area contributed by atoms with E-state index in [2.05, 4.69) is 29.2 Å². The van der Waals surface area contributed by atoms with E-state index in [4.69, 9.17) is 15.2 Å². The monoisotopic (exact) mass is 459 g/mol. The number of aromatic nitrogens is 1. The van der Waals surface area contributed by atoms with E-state index in [0.717, 1.165) is 47.6 Å². The molecule has 1 aliphatic rings. The third-order valence-electron chi connectivity index (χ3n) is 6.56. The molecule has 1 aromatic heterocycles. The Balaban J connectivity index is 1.69. The fraction of sp³-hybridized carbons (Fsp3) is 0.357. The highest BCUT2D eigenvalue weighted by Crippen LogP contribution is 2.37. The van der Waals surface area contributed by atoms with Gasteiger partial charge in [0.15, 0.2) is 11.5 Å². The summed E-state index contributed by atoms with van der Waals surface area (Å²) >= 11 is 0. The first-order chi connectivity index (χ1) is 16.6. The molecule has 2 N–H and O–H groups in total. The zero-order valence-electron chi connectivity index (χ0n) is 19.9. The number of methoxy groups -OCH3 is 1. The Morgan fingerprint density at radius 1 is 1.03 bits per heavy atom. The second-order valence-corrected chi connectivity index (χ2v) is 8.72. The van der Waals surface area contributed by atoms with Crippen LogP contribution in [0.5, 0.6) is 11.5 Å². The Hall–Kier alpha value is -3.54. The van der Waals surface area contributed by atoms with E-state index < -0.39 is 6.03 Å². The van der Waals surface area contributed by atoms with Gasteiger partial charge in [-0.3, -0.25) is 9.88 Å². The van der Waals surface area contributed by atoms with Gasteiger partial charge in [-0.1, -0.05) is 18.2 Å². The number of benzene rings is 2. The number of amides is 2. The Bertz CT molecular complexity index is 1080. The molecule has 6 nitrogen and oxygen atoms in total. The lowest BCUT2D eigenvalue weighted by molar-refractivity contribution is 0.200. The maximum absolute atomic E-state index is 11.8. The first-order valence-corrected chi connectivity index (χ1v) is 12.0. The Kier molecular flexibility index (Phi) is 7.68. The minimum absolute atomic E-state index is 0.0944. The third-order valence-corrected chi connectivity index (χ3v) is 6.56. The molecule has 0 bridgehead atoms. The zero-order valence-corrected chi connectivity index (χ0v) is 19.9. The minimum atomic E-state index is -0.451. The van der Waals surface area contributed by atoms with Crippen molar-refractivity contribution in [3.63, 3.8) is 0 Å². The summed E-state index contributed by atoms with van der Waals surface area (Å²) in [5, 5.41) is 0. The molecule has 6 heteroatoms. The van der Waals surface area contributed by atoms with Gasteiger partial charge in [0.05, 0.1) is 13.2 Å². The van der Waals surface area contributed by atoms with Crippen molar-refractivity contribution in [2.24, 2.45) is 5.73 Å². The number of hydrogen-bond donors (Lipinski definition) is 1. The van der Waals surface area contributed by atoms with Gasteiger partial charge in [-0.25, -0.2) is 4.79 Å². The van der Waals surface area contributed by atoms with E-state index in [0.29, 0.717) is 6.54 Å². The number of carbonyl (C=O) groups is 1. The van der Waals surface area contributed by atoms with Crippen LogP contribution in [0.25, 0.3) is 0 Å². The number of hydrogen-bond acceptors (Lipinski definition) is 4. The summed E-state index contributed by atoms with van der Waals surface area (Å²) < 4.78 is 12.0. The molecule has 0 spiro atoms. The van der Waals surface area contributed by atoms with E-state index in [1.165, 1.54) is 18.4 Å². The molecule has 178 valence electrons. The van der Waals surface area contributed by atoms with E-state index in [1.54, 1.807) is 12.0 Å². The van der Waals surface area contributed by atoms with Crippen LogP contribution < -0.4 is 20.1 Å². The van der Waals surface area contributed by atoms with Crippen molar-refractivity contribution < 1.29 is 14.3 Å². The quantitative estimate of drug-likeness (QED) is 0.446. The highest BCUT2D eigenvalue weighted by molar-refractivity contribution is 5.90. The Morgan fingerprint density at radius 3 is 2.32 bits per heavy atom. The topological polar surface area (TPSA) is 77.7 Å². The molecule has 1 aliphatic carbocycles. The Morgan fingerprint density at radius 2 is 1.71 bits per heavy atom. The van der Waals surface area contributed by atoms with Crippen LogP contribution in [0.4, 0.5) is 10.5 Å². The fourth-order valence-electron chi connectivity index (χ4n) is 4.72. The van der Waals surface area contributed by atoms with Gasteiger partial charge in [0, 0.05) is 30.5 Å². The number of urea groups is 1. The lowest BCUT2D eigenvalue weighted by atomic mass is 9.86. The van der Waals surface area contributed by atoms with Gasteiger partial charge in [0.2, 0.25) is 0 Å². The van der Waals surface area contributed by atoms with Gasteiger partial charge in [0.25, 0.3) is 0 Å². The van der Waals surface area contributed by atoms with Gasteiger partial charge in [-0.2, -0.15) is 0 Å². The summed E-state index contributed by atoms with van der Waals surface area (Å²) in [6.45, 7) is 2.43. The lowest BCUT2D eigenvalue weighted by Gasteiger charge is -2.23. The predicted octanol–water partition coefficient (Wildman–Crippen LogP) is 5.69. The zero-order chi connectivity index (χ0) is 23.9. The summed E-state index contributed by atoms with van der Waals surface area (Å²) in [7, 11) is 1.68. The molecule has 1 atom stereocenters. The molecule has 2 aromatic carbocycles. The first-order valence-electron chi connectivity index (χ1n) is 12.0. The van der Waals surface area contributed by atoms with Crippen molar-refractivity contribution in [3.8, 4) is 11.5 Å². The highest BCUT2D eigenvalue weighted by Gasteiger charge is 2.22. The molecule has 0 unspecified atom stereocenters. The largest absolute Gasteiger partial charge is 0.493 e. The smallest absolute Gasteiger partial charge is 0.319 e. The Labute approximate surface area is 201 Å². The minimum Gasteiger partial charge on any atom is -0.493 e. The summed E-state index contributed by atoms with van der Waals surface area (Å²) in [5.41, 5.74) is 9.83.